The average Bonchev–Trinajstić information content (AvgIpc) is 2.37. The van der Waals surface area contributed by atoms with Crippen molar-refractivity contribution >= 4 is 28.3 Å². The van der Waals surface area contributed by atoms with E-state index in [1.54, 1.807) is 0 Å². The summed E-state index contributed by atoms with van der Waals surface area (Å²) in [4.78, 5) is 0. The predicted octanol–water partition coefficient (Wildman–Crippen LogP) is 5.15. The lowest BCUT2D eigenvalue weighted by Gasteiger charge is -2.14. The smallest absolute Gasteiger partial charge is 0.0381 e. The van der Waals surface area contributed by atoms with Crippen LogP contribution in [0.5, 0.6) is 0 Å². The second-order valence-electron chi connectivity index (χ2n) is 4.17. The van der Waals surface area contributed by atoms with E-state index in [0.717, 1.165) is 28.7 Å². The van der Waals surface area contributed by atoms with E-state index in [-0.39, 0.29) is 0 Å². The van der Waals surface area contributed by atoms with Gasteiger partial charge in [0.1, 0.15) is 0 Å². The highest BCUT2D eigenvalue weighted by Crippen LogP contribution is 2.18. The molecule has 1 unspecified atom stereocenters. The SMILES string of the molecule is C=CC(CC)CC(=C)Nc1ccc(CI)cc1. The molecule has 0 aromatic heterocycles. The summed E-state index contributed by atoms with van der Waals surface area (Å²) in [7, 11) is 0. The maximum Gasteiger partial charge on any atom is 0.0381 e. The van der Waals surface area contributed by atoms with E-state index in [2.05, 4.69) is 72.3 Å². The molecule has 0 radical (unpaired) electrons. The Bertz CT molecular complexity index is 367. The third-order valence-electron chi connectivity index (χ3n) is 2.80. The number of benzene rings is 1. The fourth-order valence-corrected chi connectivity index (χ4v) is 2.15. The molecule has 1 aromatic rings. The zero-order valence-corrected chi connectivity index (χ0v) is 12.5. The quantitative estimate of drug-likeness (QED) is 0.411. The van der Waals surface area contributed by atoms with E-state index in [1.165, 1.54) is 5.56 Å². The van der Waals surface area contributed by atoms with Gasteiger partial charge in [0, 0.05) is 15.8 Å². The van der Waals surface area contributed by atoms with Crippen LogP contribution in [0.4, 0.5) is 5.69 Å². The number of rotatable bonds is 7. The molecule has 17 heavy (non-hydrogen) atoms. The zero-order valence-electron chi connectivity index (χ0n) is 10.4. The van der Waals surface area contributed by atoms with Crippen molar-refractivity contribution in [3.05, 3.63) is 54.8 Å². The van der Waals surface area contributed by atoms with Crippen molar-refractivity contribution < 1.29 is 0 Å². The molecular weight excluding hydrogens is 321 g/mol. The molecule has 0 fully saturated rings. The summed E-state index contributed by atoms with van der Waals surface area (Å²) in [6.07, 6.45) is 4.07. The van der Waals surface area contributed by atoms with Gasteiger partial charge in [-0.15, -0.1) is 6.58 Å². The molecule has 92 valence electrons. The summed E-state index contributed by atoms with van der Waals surface area (Å²) in [6.45, 7) is 10.1. The van der Waals surface area contributed by atoms with E-state index in [1.807, 2.05) is 6.08 Å². The van der Waals surface area contributed by atoms with Crippen molar-refractivity contribution in [2.75, 3.05) is 5.32 Å². The zero-order chi connectivity index (χ0) is 12.7. The molecule has 0 bridgehead atoms. The van der Waals surface area contributed by atoms with Crippen LogP contribution in [-0.4, -0.2) is 0 Å². The van der Waals surface area contributed by atoms with Gasteiger partial charge in [-0.1, -0.05) is 54.3 Å². The molecule has 0 saturated carbocycles. The number of nitrogens with one attached hydrogen (secondary N) is 1. The molecule has 0 aliphatic rings. The molecule has 1 atom stereocenters. The highest BCUT2D eigenvalue weighted by Gasteiger charge is 2.04. The molecule has 1 N–H and O–H groups in total. The number of hydrogen-bond acceptors (Lipinski definition) is 1. The van der Waals surface area contributed by atoms with Crippen LogP contribution in [-0.2, 0) is 4.43 Å². The molecule has 0 spiro atoms. The van der Waals surface area contributed by atoms with Gasteiger partial charge in [-0.2, -0.15) is 0 Å². The van der Waals surface area contributed by atoms with E-state index in [0.29, 0.717) is 5.92 Å². The average molecular weight is 341 g/mol. The number of anilines is 1. The van der Waals surface area contributed by atoms with Crippen LogP contribution >= 0.6 is 22.6 Å². The number of halogens is 1. The van der Waals surface area contributed by atoms with Crippen molar-refractivity contribution in [1.29, 1.82) is 0 Å². The minimum Gasteiger partial charge on any atom is -0.359 e. The molecule has 0 heterocycles. The molecule has 1 nitrogen and oxygen atoms in total. The predicted molar refractivity (Wildman–Crippen MR) is 85.5 cm³/mol. The van der Waals surface area contributed by atoms with Crippen LogP contribution in [0.1, 0.15) is 25.3 Å². The van der Waals surface area contributed by atoms with Gasteiger partial charge in [-0.3, -0.25) is 0 Å². The van der Waals surface area contributed by atoms with Gasteiger partial charge >= 0.3 is 0 Å². The normalized spacial score (nSPS) is 11.9. The third kappa shape index (κ3) is 4.94. The molecule has 0 saturated heterocycles. The highest BCUT2D eigenvalue weighted by atomic mass is 127. The Morgan fingerprint density at radius 3 is 2.53 bits per heavy atom. The van der Waals surface area contributed by atoms with Crippen molar-refractivity contribution in [3.63, 3.8) is 0 Å². The Kier molecular flexibility index (Phi) is 6.34. The molecular formula is C15H20IN. The Labute approximate surface area is 118 Å². The fourth-order valence-electron chi connectivity index (χ4n) is 1.64. The standard InChI is InChI=1S/C15H20IN/c1-4-13(5-2)10-12(3)17-15-8-6-14(11-16)7-9-15/h4,6-9,13,17H,1,3,5,10-11H2,2H3. The molecule has 0 aliphatic heterocycles. The number of alkyl halides is 1. The van der Waals surface area contributed by atoms with Gasteiger partial charge in [0.15, 0.2) is 0 Å². The molecule has 1 rings (SSSR count). The van der Waals surface area contributed by atoms with Gasteiger partial charge in [0.05, 0.1) is 0 Å². The molecule has 0 aliphatic carbocycles. The summed E-state index contributed by atoms with van der Waals surface area (Å²) in [5, 5.41) is 3.35. The summed E-state index contributed by atoms with van der Waals surface area (Å²) in [6, 6.07) is 8.50. The Morgan fingerprint density at radius 2 is 2.06 bits per heavy atom. The molecule has 0 amide bonds. The lowest BCUT2D eigenvalue weighted by Crippen LogP contribution is -2.03. The van der Waals surface area contributed by atoms with Crippen LogP contribution < -0.4 is 5.32 Å². The summed E-state index contributed by atoms with van der Waals surface area (Å²) in [5.41, 5.74) is 3.51. The lowest BCUT2D eigenvalue weighted by molar-refractivity contribution is 0.624. The van der Waals surface area contributed by atoms with E-state index >= 15 is 0 Å². The second-order valence-corrected chi connectivity index (χ2v) is 4.93. The summed E-state index contributed by atoms with van der Waals surface area (Å²) >= 11 is 2.37. The Hall–Kier alpha value is -0.770. The van der Waals surface area contributed by atoms with Gasteiger partial charge in [0.2, 0.25) is 0 Å². The Balaban J connectivity index is 2.52. The monoisotopic (exact) mass is 341 g/mol. The van der Waals surface area contributed by atoms with Crippen molar-refractivity contribution in [2.24, 2.45) is 5.92 Å². The molecule has 1 aromatic carbocycles. The number of allylic oxidation sites excluding steroid dienone is 2. The maximum absolute atomic E-state index is 4.07. The van der Waals surface area contributed by atoms with Gasteiger partial charge in [0.25, 0.3) is 0 Å². The fraction of sp³-hybridized carbons (Fsp3) is 0.333. The van der Waals surface area contributed by atoms with Crippen molar-refractivity contribution in [3.8, 4) is 0 Å². The summed E-state index contributed by atoms with van der Waals surface area (Å²) in [5.74, 6) is 0.517. The largest absolute Gasteiger partial charge is 0.359 e. The Morgan fingerprint density at radius 1 is 1.41 bits per heavy atom. The van der Waals surface area contributed by atoms with Crippen molar-refractivity contribution in [1.82, 2.24) is 0 Å². The number of hydrogen-bond donors (Lipinski definition) is 1. The first-order valence-corrected chi connectivity index (χ1v) is 7.44. The first-order valence-electron chi connectivity index (χ1n) is 5.91. The van der Waals surface area contributed by atoms with E-state index < -0.39 is 0 Å². The van der Waals surface area contributed by atoms with Crippen LogP contribution in [0.3, 0.4) is 0 Å². The third-order valence-corrected chi connectivity index (χ3v) is 3.68. The first-order chi connectivity index (χ1) is 8.19. The summed E-state index contributed by atoms with van der Waals surface area (Å²) < 4.78 is 1.05. The minimum absolute atomic E-state index is 0.517. The van der Waals surface area contributed by atoms with Crippen LogP contribution in [0.2, 0.25) is 0 Å². The van der Waals surface area contributed by atoms with E-state index in [9.17, 15) is 0 Å². The first kappa shape index (κ1) is 14.3. The van der Waals surface area contributed by atoms with Crippen LogP contribution in [0, 0.1) is 5.92 Å². The van der Waals surface area contributed by atoms with Gasteiger partial charge in [-0.25, -0.2) is 0 Å². The topological polar surface area (TPSA) is 12.0 Å². The highest BCUT2D eigenvalue weighted by molar-refractivity contribution is 14.1. The molecule has 2 heteroatoms. The van der Waals surface area contributed by atoms with Gasteiger partial charge in [-0.05, 0) is 36.5 Å². The lowest BCUT2D eigenvalue weighted by atomic mass is 10.0. The minimum atomic E-state index is 0.517. The maximum atomic E-state index is 4.07. The van der Waals surface area contributed by atoms with Gasteiger partial charge < -0.3 is 5.32 Å². The van der Waals surface area contributed by atoms with E-state index in [4.69, 9.17) is 0 Å². The van der Waals surface area contributed by atoms with Crippen LogP contribution in [0.25, 0.3) is 0 Å². The second kappa shape index (κ2) is 7.54. The van der Waals surface area contributed by atoms with Crippen molar-refractivity contribution in [2.45, 2.75) is 24.2 Å². The van der Waals surface area contributed by atoms with Crippen LogP contribution in [0.15, 0.2) is 49.2 Å².